The molecule has 2 aromatic rings. The molecule has 0 saturated heterocycles. The van der Waals surface area contributed by atoms with Gasteiger partial charge in [0.2, 0.25) is 0 Å². The first-order valence-electron chi connectivity index (χ1n) is 3.69. The zero-order valence-electron chi connectivity index (χ0n) is 6.60. The molecule has 0 aliphatic rings. The van der Waals surface area contributed by atoms with Gasteiger partial charge in [0, 0.05) is 17.5 Å². The van der Waals surface area contributed by atoms with E-state index >= 15 is 0 Å². The van der Waals surface area contributed by atoms with E-state index in [-0.39, 0.29) is 5.82 Å². The maximum absolute atomic E-state index is 10.4. The molecule has 0 amide bonds. The molecule has 1 aromatic heterocycles. The van der Waals surface area contributed by atoms with Crippen LogP contribution in [0.1, 0.15) is 0 Å². The minimum atomic E-state index is -0.525. The Bertz CT molecular complexity index is 468. The van der Waals surface area contributed by atoms with E-state index in [9.17, 15) is 10.1 Å². The number of rotatable bonds is 1. The highest BCUT2D eigenvalue weighted by molar-refractivity contribution is 5.78. The van der Waals surface area contributed by atoms with Crippen LogP contribution in [-0.2, 0) is 0 Å². The van der Waals surface area contributed by atoms with Crippen molar-refractivity contribution in [2.75, 3.05) is 0 Å². The van der Waals surface area contributed by atoms with Crippen LogP contribution in [0.5, 0.6) is 0 Å². The highest BCUT2D eigenvalue weighted by Gasteiger charge is 2.07. The van der Waals surface area contributed by atoms with E-state index in [0.717, 1.165) is 5.39 Å². The maximum atomic E-state index is 10.4. The Labute approximate surface area is 74.0 Å². The summed E-state index contributed by atoms with van der Waals surface area (Å²) in [5, 5.41) is 11.2. The normalized spacial score (nSPS) is 10.2. The summed E-state index contributed by atoms with van der Waals surface area (Å²) in [6.45, 7) is 0. The molecular weight excluding hydrogens is 168 g/mol. The standard InChI is InChI=1S/C9H5N2O2/c12-11(13)9-6-5-7-3-1-2-4-8(7)10-9/h1-4,6H. The fourth-order valence-corrected chi connectivity index (χ4v) is 1.08. The minimum absolute atomic E-state index is 0.168. The van der Waals surface area contributed by atoms with E-state index in [1.807, 2.05) is 12.1 Å². The lowest BCUT2D eigenvalue weighted by Crippen LogP contribution is -1.91. The molecule has 2 rings (SSSR count). The second-order valence-electron chi connectivity index (χ2n) is 2.53. The highest BCUT2D eigenvalue weighted by Crippen LogP contribution is 2.14. The predicted octanol–water partition coefficient (Wildman–Crippen LogP) is 1.94. The van der Waals surface area contributed by atoms with Crippen molar-refractivity contribution in [1.29, 1.82) is 0 Å². The van der Waals surface area contributed by atoms with Gasteiger partial charge in [-0.05, 0) is 22.0 Å². The molecule has 4 nitrogen and oxygen atoms in total. The van der Waals surface area contributed by atoms with Crippen LogP contribution in [0.4, 0.5) is 5.82 Å². The summed E-state index contributed by atoms with van der Waals surface area (Å²) < 4.78 is 0. The van der Waals surface area contributed by atoms with Crippen LogP contribution < -0.4 is 0 Å². The molecule has 0 N–H and O–H groups in total. The molecule has 0 atom stereocenters. The molecule has 13 heavy (non-hydrogen) atoms. The van der Waals surface area contributed by atoms with Gasteiger partial charge >= 0.3 is 5.82 Å². The van der Waals surface area contributed by atoms with Crippen LogP contribution in [0.15, 0.2) is 30.3 Å². The fourth-order valence-electron chi connectivity index (χ4n) is 1.08. The van der Waals surface area contributed by atoms with Crippen LogP contribution in [0.25, 0.3) is 10.9 Å². The highest BCUT2D eigenvalue weighted by atomic mass is 16.6. The maximum Gasteiger partial charge on any atom is 0.364 e. The molecule has 0 aliphatic heterocycles. The monoisotopic (exact) mass is 173 g/mol. The van der Waals surface area contributed by atoms with Crippen molar-refractivity contribution in [2.45, 2.75) is 0 Å². The van der Waals surface area contributed by atoms with Crippen LogP contribution in [0.3, 0.4) is 0 Å². The Hall–Kier alpha value is -1.97. The average molecular weight is 173 g/mol. The SMILES string of the molecule is O=[N+]([O-])c1c[c]c2ccccc2n1. The minimum Gasteiger partial charge on any atom is -0.358 e. The average Bonchev–Trinajstić information content (AvgIpc) is 2.17. The molecule has 1 aromatic carbocycles. The molecule has 1 radical (unpaired) electrons. The van der Waals surface area contributed by atoms with E-state index in [2.05, 4.69) is 11.1 Å². The first-order valence-corrected chi connectivity index (χ1v) is 3.69. The molecule has 0 aliphatic carbocycles. The Balaban J connectivity index is 2.69. The summed E-state index contributed by atoms with van der Waals surface area (Å²) >= 11 is 0. The van der Waals surface area contributed by atoms with Crippen molar-refractivity contribution < 1.29 is 4.92 Å². The largest absolute Gasteiger partial charge is 0.364 e. The number of para-hydroxylation sites is 1. The molecule has 0 spiro atoms. The summed E-state index contributed by atoms with van der Waals surface area (Å²) in [4.78, 5) is 13.7. The molecule has 0 fully saturated rings. The molecule has 63 valence electrons. The summed E-state index contributed by atoms with van der Waals surface area (Å²) in [7, 11) is 0. The van der Waals surface area contributed by atoms with Crippen molar-refractivity contribution >= 4 is 16.7 Å². The smallest absolute Gasteiger partial charge is 0.358 e. The van der Waals surface area contributed by atoms with Crippen LogP contribution in [-0.4, -0.2) is 9.91 Å². The van der Waals surface area contributed by atoms with E-state index in [0.29, 0.717) is 5.52 Å². The number of hydrogen-bond donors (Lipinski definition) is 0. The molecule has 4 heteroatoms. The molecule has 0 saturated carbocycles. The van der Waals surface area contributed by atoms with E-state index in [1.165, 1.54) is 6.07 Å². The number of fused-ring (bicyclic) bond motifs is 1. The Morgan fingerprint density at radius 2 is 2.15 bits per heavy atom. The molecule has 0 bridgehead atoms. The summed E-state index contributed by atoms with van der Waals surface area (Å²) in [6.07, 6.45) is 0. The Kier molecular flexibility index (Phi) is 1.66. The summed E-state index contributed by atoms with van der Waals surface area (Å²) in [6, 6.07) is 11.2. The van der Waals surface area contributed by atoms with Gasteiger partial charge in [0.15, 0.2) is 5.52 Å². The predicted molar refractivity (Wildman–Crippen MR) is 47.2 cm³/mol. The lowest BCUT2D eigenvalue weighted by atomic mass is 10.2. The van der Waals surface area contributed by atoms with Gasteiger partial charge in [-0.3, -0.25) is 0 Å². The van der Waals surface area contributed by atoms with Gasteiger partial charge < -0.3 is 10.1 Å². The van der Waals surface area contributed by atoms with Gasteiger partial charge in [-0.1, -0.05) is 12.1 Å². The number of nitro groups is 1. The zero-order valence-corrected chi connectivity index (χ0v) is 6.60. The van der Waals surface area contributed by atoms with Crippen LogP contribution in [0, 0.1) is 16.2 Å². The van der Waals surface area contributed by atoms with Crippen LogP contribution in [0.2, 0.25) is 0 Å². The molecule has 1 heterocycles. The number of benzene rings is 1. The fraction of sp³-hybridized carbons (Fsp3) is 0. The zero-order chi connectivity index (χ0) is 9.26. The third kappa shape index (κ3) is 1.33. The lowest BCUT2D eigenvalue weighted by molar-refractivity contribution is -0.389. The van der Waals surface area contributed by atoms with Gasteiger partial charge in [0.25, 0.3) is 0 Å². The van der Waals surface area contributed by atoms with E-state index in [1.54, 1.807) is 12.1 Å². The third-order valence-corrected chi connectivity index (χ3v) is 1.68. The molecule has 0 unspecified atom stereocenters. The topological polar surface area (TPSA) is 56.0 Å². The van der Waals surface area contributed by atoms with Crippen molar-refractivity contribution in [2.24, 2.45) is 0 Å². The van der Waals surface area contributed by atoms with Crippen molar-refractivity contribution in [3.63, 3.8) is 0 Å². The van der Waals surface area contributed by atoms with Gasteiger partial charge in [0.05, 0.1) is 0 Å². The van der Waals surface area contributed by atoms with Gasteiger partial charge in [-0.25, -0.2) is 0 Å². The number of nitrogens with zero attached hydrogens (tertiary/aromatic N) is 2. The quantitative estimate of drug-likeness (QED) is 0.489. The summed E-state index contributed by atoms with van der Waals surface area (Å²) in [5.74, 6) is -0.168. The first kappa shape index (κ1) is 7.67. The van der Waals surface area contributed by atoms with E-state index < -0.39 is 4.92 Å². The summed E-state index contributed by atoms with van der Waals surface area (Å²) in [5.41, 5.74) is 0.594. The van der Waals surface area contributed by atoms with Gasteiger partial charge in [0.1, 0.15) is 0 Å². The number of pyridine rings is 1. The van der Waals surface area contributed by atoms with Crippen molar-refractivity contribution in [3.05, 3.63) is 46.5 Å². The van der Waals surface area contributed by atoms with Crippen molar-refractivity contribution in [1.82, 2.24) is 4.98 Å². The van der Waals surface area contributed by atoms with Crippen LogP contribution >= 0.6 is 0 Å². The van der Waals surface area contributed by atoms with Gasteiger partial charge in [-0.15, -0.1) is 0 Å². The lowest BCUT2D eigenvalue weighted by Gasteiger charge is -1.92. The van der Waals surface area contributed by atoms with Crippen molar-refractivity contribution in [3.8, 4) is 0 Å². The van der Waals surface area contributed by atoms with E-state index in [4.69, 9.17) is 0 Å². The first-order chi connectivity index (χ1) is 6.27. The third-order valence-electron chi connectivity index (χ3n) is 1.68. The molecular formula is C9H5N2O2. The number of hydrogen-bond acceptors (Lipinski definition) is 3. The van der Waals surface area contributed by atoms with Gasteiger partial charge in [-0.2, -0.15) is 0 Å². The second kappa shape index (κ2) is 2.82. The Morgan fingerprint density at radius 1 is 1.38 bits per heavy atom. The number of aromatic nitrogens is 1. The Morgan fingerprint density at radius 3 is 2.92 bits per heavy atom. The second-order valence-corrected chi connectivity index (χ2v) is 2.53.